The van der Waals surface area contributed by atoms with Crippen LogP contribution in [0.2, 0.25) is 0 Å². The van der Waals surface area contributed by atoms with Crippen LogP contribution in [0.4, 0.5) is 13.2 Å². The first-order valence-electron chi connectivity index (χ1n) is 9.15. The van der Waals surface area contributed by atoms with Crippen molar-refractivity contribution in [3.05, 3.63) is 16.1 Å². The predicted molar refractivity (Wildman–Crippen MR) is 103 cm³/mol. The average Bonchev–Trinajstić information content (AvgIpc) is 3.09. The van der Waals surface area contributed by atoms with Gasteiger partial charge in [-0.3, -0.25) is 4.99 Å². The van der Waals surface area contributed by atoms with Gasteiger partial charge in [-0.05, 0) is 13.0 Å². The summed E-state index contributed by atoms with van der Waals surface area (Å²) in [5.41, 5.74) is -0.817. The number of aliphatic imine (C=N–C) groups is 1. The van der Waals surface area contributed by atoms with E-state index in [1.54, 1.807) is 7.05 Å². The topological polar surface area (TPSA) is 55.8 Å². The van der Waals surface area contributed by atoms with Gasteiger partial charge in [0.1, 0.15) is 0 Å². The molecular formula is C17H29F3N6S. The second-order valence-corrected chi connectivity index (χ2v) is 7.91. The highest BCUT2D eigenvalue weighted by molar-refractivity contribution is 7.09. The number of piperazine rings is 1. The maximum absolute atomic E-state index is 12.6. The summed E-state index contributed by atoms with van der Waals surface area (Å²) >= 11 is 1.03. The highest BCUT2D eigenvalue weighted by Gasteiger charge is 2.33. The van der Waals surface area contributed by atoms with Gasteiger partial charge in [0.25, 0.3) is 0 Å². The first kappa shape index (κ1) is 21.9. The van der Waals surface area contributed by atoms with Gasteiger partial charge in [0.05, 0.1) is 5.01 Å². The van der Waals surface area contributed by atoms with Crippen LogP contribution in [0.25, 0.3) is 0 Å². The van der Waals surface area contributed by atoms with E-state index in [0.717, 1.165) is 56.0 Å². The third-order valence-electron chi connectivity index (χ3n) is 4.48. The van der Waals surface area contributed by atoms with Crippen LogP contribution in [0.3, 0.4) is 0 Å². The van der Waals surface area contributed by atoms with Crippen molar-refractivity contribution in [1.82, 2.24) is 25.4 Å². The van der Waals surface area contributed by atoms with E-state index in [-0.39, 0.29) is 0 Å². The molecule has 2 heterocycles. The number of hydrogen-bond acceptors (Lipinski definition) is 5. The standard InChI is InChI=1S/C17H29F3N6S/c1-13(11-26-8-6-25(3)7-9-26)10-23-16(21-2)22-5-4-15-24-14(12-27-15)17(18,19)20/h12-13H,4-11H2,1-3H3,(H2,21,22,23). The molecule has 1 atom stereocenters. The van der Waals surface area contributed by atoms with E-state index in [2.05, 4.69) is 44.4 Å². The molecule has 10 heteroatoms. The fourth-order valence-electron chi connectivity index (χ4n) is 2.87. The molecule has 1 aromatic rings. The van der Waals surface area contributed by atoms with Crippen molar-refractivity contribution < 1.29 is 13.2 Å². The minimum atomic E-state index is -4.38. The zero-order valence-corrected chi connectivity index (χ0v) is 17.0. The van der Waals surface area contributed by atoms with Crippen molar-refractivity contribution in [2.45, 2.75) is 19.5 Å². The van der Waals surface area contributed by atoms with Crippen molar-refractivity contribution in [3.8, 4) is 0 Å². The molecule has 1 aromatic heterocycles. The minimum Gasteiger partial charge on any atom is -0.356 e. The molecule has 27 heavy (non-hydrogen) atoms. The lowest BCUT2D eigenvalue weighted by molar-refractivity contribution is -0.140. The minimum absolute atomic E-state index is 0.429. The van der Waals surface area contributed by atoms with Gasteiger partial charge in [-0.2, -0.15) is 13.2 Å². The molecular weight excluding hydrogens is 377 g/mol. The Labute approximate surface area is 162 Å². The van der Waals surface area contributed by atoms with Crippen LogP contribution in [0.1, 0.15) is 17.6 Å². The molecule has 0 amide bonds. The molecule has 0 aromatic carbocycles. The van der Waals surface area contributed by atoms with Crippen LogP contribution in [0.15, 0.2) is 10.4 Å². The molecule has 1 fully saturated rings. The average molecular weight is 407 g/mol. The van der Waals surface area contributed by atoms with E-state index in [0.29, 0.717) is 29.9 Å². The molecule has 1 aliphatic heterocycles. The Kier molecular flexibility index (Phi) is 8.30. The Balaban J connectivity index is 1.66. The SMILES string of the molecule is CN=C(NCCc1nc(C(F)(F)F)cs1)NCC(C)CN1CCN(C)CC1. The molecule has 154 valence electrons. The highest BCUT2D eigenvalue weighted by atomic mass is 32.1. The van der Waals surface area contributed by atoms with Gasteiger partial charge in [-0.25, -0.2) is 4.98 Å². The Hall–Kier alpha value is -1.39. The second kappa shape index (κ2) is 10.2. The van der Waals surface area contributed by atoms with E-state index in [1.807, 2.05) is 0 Å². The summed E-state index contributed by atoms with van der Waals surface area (Å²) < 4.78 is 37.7. The number of nitrogens with zero attached hydrogens (tertiary/aromatic N) is 4. The molecule has 0 saturated carbocycles. The van der Waals surface area contributed by atoms with Gasteiger partial charge in [0.2, 0.25) is 0 Å². The fraction of sp³-hybridized carbons (Fsp3) is 0.765. The zero-order valence-electron chi connectivity index (χ0n) is 16.1. The number of rotatable bonds is 7. The number of hydrogen-bond donors (Lipinski definition) is 2. The van der Waals surface area contributed by atoms with Crippen LogP contribution in [-0.2, 0) is 12.6 Å². The van der Waals surface area contributed by atoms with Crippen molar-refractivity contribution in [2.24, 2.45) is 10.9 Å². The van der Waals surface area contributed by atoms with Crippen molar-refractivity contribution in [2.75, 3.05) is 59.9 Å². The predicted octanol–water partition coefficient (Wildman–Crippen LogP) is 1.75. The third kappa shape index (κ3) is 7.63. The summed E-state index contributed by atoms with van der Waals surface area (Å²) in [6.45, 7) is 8.93. The molecule has 1 unspecified atom stereocenters. The van der Waals surface area contributed by atoms with Gasteiger partial charge in [-0.15, -0.1) is 11.3 Å². The molecule has 1 aliphatic rings. The molecule has 0 radical (unpaired) electrons. The van der Waals surface area contributed by atoms with E-state index in [4.69, 9.17) is 0 Å². The number of alkyl halides is 3. The lowest BCUT2D eigenvalue weighted by Crippen LogP contribution is -2.47. The van der Waals surface area contributed by atoms with E-state index >= 15 is 0 Å². The first-order chi connectivity index (χ1) is 12.8. The van der Waals surface area contributed by atoms with Crippen molar-refractivity contribution >= 4 is 17.3 Å². The maximum atomic E-state index is 12.6. The molecule has 0 aliphatic carbocycles. The number of aromatic nitrogens is 1. The van der Waals surface area contributed by atoms with E-state index in [9.17, 15) is 13.2 Å². The summed E-state index contributed by atoms with van der Waals surface area (Å²) in [4.78, 5) is 12.6. The Morgan fingerprint density at radius 1 is 1.30 bits per heavy atom. The summed E-state index contributed by atoms with van der Waals surface area (Å²) in [6.07, 6.45) is -3.95. The number of likely N-dealkylation sites (N-methyl/N-ethyl adjacent to an activating group) is 1. The van der Waals surface area contributed by atoms with Crippen LogP contribution < -0.4 is 10.6 Å². The molecule has 2 N–H and O–H groups in total. The Morgan fingerprint density at radius 2 is 2.00 bits per heavy atom. The van der Waals surface area contributed by atoms with Crippen LogP contribution in [0.5, 0.6) is 0 Å². The lowest BCUT2D eigenvalue weighted by Gasteiger charge is -2.34. The van der Waals surface area contributed by atoms with E-state index in [1.165, 1.54) is 0 Å². The molecule has 0 bridgehead atoms. The summed E-state index contributed by atoms with van der Waals surface area (Å²) in [6, 6.07) is 0. The molecule has 2 rings (SSSR count). The monoisotopic (exact) mass is 406 g/mol. The van der Waals surface area contributed by atoms with Gasteiger partial charge < -0.3 is 20.4 Å². The van der Waals surface area contributed by atoms with Crippen LogP contribution in [0, 0.1) is 5.92 Å². The van der Waals surface area contributed by atoms with Crippen molar-refractivity contribution in [3.63, 3.8) is 0 Å². The summed E-state index contributed by atoms with van der Waals surface area (Å²) in [7, 11) is 3.83. The molecule has 6 nitrogen and oxygen atoms in total. The Bertz CT molecular complexity index is 596. The first-order valence-corrected chi connectivity index (χ1v) is 10.0. The fourth-order valence-corrected chi connectivity index (χ4v) is 3.68. The largest absolute Gasteiger partial charge is 0.434 e. The lowest BCUT2D eigenvalue weighted by atomic mass is 10.1. The zero-order chi connectivity index (χ0) is 19.9. The number of thiazole rings is 1. The van der Waals surface area contributed by atoms with Gasteiger partial charge in [0, 0.05) is 64.7 Å². The summed E-state index contributed by atoms with van der Waals surface area (Å²) in [5, 5.41) is 7.95. The number of guanidine groups is 1. The third-order valence-corrected chi connectivity index (χ3v) is 5.39. The van der Waals surface area contributed by atoms with Gasteiger partial charge in [-0.1, -0.05) is 6.92 Å². The highest BCUT2D eigenvalue weighted by Crippen LogP contribution is 2.29. The number of nitrogens with one attached hydrogen (secondary N) is 2. The number of halogens is 3. The van der Waals surface area contributed by atoms with E-state index < -0.39 is 11.9 Å². The molecule has 0 spiro atoms. The van der Waals surface area contributed by atoms with Gasteiger partial charge in [0.15, 0.2) is 11.7 Å². The maximum Gasteiger partial charge on any atom is 0.434 e. The molecule has 1 saturated heterocycles. The van der Waals surface area contributed by atoms with Gasteiger partial charge >= 0.3 is 6.18 Å². The summed E-state index contributed by atoms with van der Waals surface area (Å²) in [5.74, 6) is 1.13. The normalized spacial score (nSPS) is 18.5. The Morgan fingerprint density at radius 3 is 2.59 bits per heavy atom. The quantitative estimate of drug-likeness (QED) is 0.534. The smallest absolute Gasteiger partial charge is 0.356 e. The van der Waals surface area contributed by atoms with Crippen LogP contribution >= 0.6 is 11.3 Å². The van der Waals surface area contributed by atoms with Crippen LogP contribution in [-0.4, -0.2) is 80.7 Å². The second-order valence-electron chi connectivity index (χ2n) is 6.96. The van der Waals surface area contributed by atoms with Crippen molar-refractivity contribution in [1.29, 1.82) is 0 Å².